The van der Waals surface area contributed by atoms with E-state index in [4.69, 9.17) is 4.98 Å². The van der Waals surface area contributed by atoms with Crippen molar-refractivity contribution in [3.8, 4) is 10.6 Å². The maximum Gasteiger partial charge on any atom is 0.278 e. The second-order valence-corrected chi connectivity index (χ2v) is 7.41. The molecule has 4 aromatic heterocycles. The SMILES string of the molecule is Cc1c(-c2cccs2)[nH]n2c(=O)c3c(nc12)CN(C(=O)c1ccccn1)C3. The Hall–Kier alpha value is -3.26. The third kappa shape index (κ3) is 2.41. The van der Waals surface area contributed by atoms with Crippen molar-refractivity contribution in [1.82, 2.24) is 24.5 Å². The number of nitrogens with zero attached hydrogens (tertiary/aromatic N) is 4. The number of hydrogen-bond acceptors (Lipinski definition) is 5. The van der Waals surface area contributed by atoms with Gasteiger partial charge in [0.25, 0.3) is 11.5 Å². The van der Waals surface area contributed by atoms with Gasteiger partial charge in [-0.15, -0.1) is 11.3 Å². The number of hydrogen-bond donors (Lipinski definition) is 1. The number of carbonyl (C=O) groups excluding carboxylic acids is 1. The second kappa shape index (κ2) is 5.88. The molecule has 0 spiro atoms. The van der Waals surface area contributed by atoms with E-state index in [1.807, 2.05) is 24.4 Å². The average molecular weight is 377 g/mol. The van der Waals surface area contributed by atoms with Crippen molar-refractivity contribution in [2.24, 2.45) is 0 Å². The van der Waals surface area contributed by atoms with Gasteiger partial charge in [0, 0.05) is 11.8 Å². The third-order valence-corrected chi connectivity index (χ3v) is 5.71. The van der Waals surface area contributed by atoms with Crippen molar-refractivity contribution >= 4 is 22.9 Å². The fraction of sp³-hybridized carbons (Fsp3) is 0.158. The van der Waals surface area contributed by atoms with Gasteiger partial charge in [-0.1, -0.05) is 12.1 Å². The summed E-state index contributed by atoms with van der Waals surface area (Å²) in [5.74, 6) is -0.197. The van der Waals surface area contributed by atoms with Gasteiger partial charge in [0.05, 0.1) is 34.9 Å². The fourth-order valence-electron chi connectivity index (χ4n) is 3.44. The zero-order valence-corrected chi connectivity index (χ0v) is 15.3. The summed E-state index contributed by atoms with van der Waals surface area (Å²) in [5.41, 5.74) is 3.85. The molecular weight excluding hydrogens is 362 g/mol. The molecular formula is C19H15N5O2S. The number of fused-ring (bicyclic) bond motifs is 2. The molecule has 0 saturated carbocycles. The van der Waals surface area contributed by atoms with Crippen molar-refractivity contribution in [2.45, 2.75) is 20.0 Å². The Bertz CT molecular complexity index is 1220. The van der Waals surface area contributed by atoms with Crippen molar-refractivity contribution in [1.29, 1.82) is 0 Å². The molecule has 5 heterocycles. The lowest BCUT2D eigenvalue weighted by atomic mass is 10.2. The van der Waals surface area contributed by atoms with Crippen LogP contribution < -0.4 is 5.56 Å². The van der Waals surface area contributed by atoms with E-state index < -0.39 is 0 Å². The standard InChI is InChI=1S/C19H15N5O2S/c1-11-16(15-6-4-8-27-15)22-24-17(11)21-14-10-23(9-12(14)18(24)25)19(26)13-5-2-3-7-20-13/h2-8,22H,9-10H2,1H3. The lowest BCUT2D eigenvalue weighted by Gasteiger charge is -2.13. The van der Waals surface area contributed by atoms with Crippen molar-refractivity contribution < 1.29 is 4.79 Å². The number of aromatic nitrogens is 4. The molecule has 1 amide bonds. The molecule has 1 aliphatic heterocycles. The number of amides is 1. The first kappa shape index (κ1) is 16.0. The highest BCUT2D eigenvalue weighted by Crippen LogP contribution is 2.29. The quantitative estimate of drug-likeness (QED) is 0.582. The Labute approximate surface area is 157 Å². The highest BCUT2D eigenvalue weighted by Gasteiger charge is 2.30. The van der Waals surface area contributed by atoms with Crippen LogP contribution in [0.25, 0.3) is 16.2 Å². The molecule has 0 saturated heterocycles. The Morgan fingerprint density at radius 3 is 2.85 bits per heavy atom. The van der Waals surface area contributed by atoms with Crippen LogP contribution >= 0.6 is 11.3 Å². The number of carbonyl (C=O) groups is 1. The van der Waals surface area contributed by atoms with Gasteiger partial charge in [0.1, 0.15) is 5.69 Å². The van der Waals surface area contributed by atoms with E-state index in [2.05, 4.69) is 10.1 Å². The number of nitrogens with one attached hydrogen (secondary N) is 1. The summed E-state index contributed by atoms with van der Waals surface area (Å²) in [7, 11) is 0. The number of H-pyrrole nitrogens is 1. The summed E-state index contributed by atoms with van der Waals surface area (Å²) in [6, 6.07) is 9.19. The van der Waals surface area contributed by atoms with Crippen molar-refractivity contribution in [3.63, 3.8) is 0 Å². The Morgan fingerprint density at radius 1 is 1.22 bits per heavy atom. The molecule has 1 aliphatic rings. The van der Waals surface area contributed by atoms with Gasteiger partial charge in [0.2, 0.25) is 0 Å². The number of thiophene rings is 1. The lowest BCUT2D eigenvalue weighted by molar-refractivity contribution is 0.0744. The zero-order valence-electron chi connectivity index (χ0n) is 14.5. The Kier molecular flexibility index (Phi) is 3.48. The van der Waals surface area contributed by atoms with E-state index in [9.17, 15) is 9.59 Å². The molecule has 0 unspecified atom stereocenters. The summed E-state index contributed by atoms with van der Waals surface area (Å²) < 4.78 is 1.48. The highest BCUT2D eigenvalue weighted by atomic mass is 32.1. The van der Waals surface area contributed by atoms with Crippen molar-refractivity contribution in [2.75, 3.05) is 0 Å². The van der Waals surface area contributed by atoms with E-state index in [1.54, 1.807) is 40.6 Å². The molecule has 0 fully saturated rings. The zero-order chi connectivity index (χ0) is 18.5. The van der Waals surface area contributed by atoms with Crippen LogP contribution in [0.4, 0.5) is 0 Å². The van der Waals surface area contributed by atoms with Crippen LogP contribution in [0, 0.1) is 6.92 Å². The van der Waals surface area contributed by atoms with Gasteiger partial charge in [-0.05, 0) is 30.5 Å². The van der Waals surface area contributed by atoms with Gasteiger partial charge in [0.15, 0.2) is 5.65 Å². The molecule has 0 aromatic carbocycles. The smallest absolute Gasteiger partial charge is 0.278 e. The van der Waals surface area contributed by atoms with E-state index in [1.165, 1.54) is 4.52 Å². The van der Waals surface area contributed by atoms with Gasteiger partial charge in [-0.25, -0.2) is 9.50 Å². The van der Waals surface area contributed by atoms with Crippen LogP contribution in [0.3, 0.4) is 0 Å². The number of aromatic amines is 1. The van der Waals surface area contributed by atoms with Gasteiger partial charge in [-0.3, -0.25) is 19.7 Å². The summed E-state index contributed by atoms with van der Waals surface area (Å²) in [6.45, 7) is 2.51. The van der Waals surface area contributed by atoms with E-state index in [-0.39, 0.29) is 18.0 Å². The van der Waals surface area contributed by atoms with Crippen LogP contribution in [0.15, 0.2) is 46.7 Å². The average Bonchev–Trinajstić information content (AvgIpc) is 3.42. The third-order valence-electron chi connectivity index (χ3n) is 4.82. The molecule has 27 heavy (non-hydrogen) atoms. The highest BCUT2D eigenvalue weighted by molar-refractivity contribution is 7.13. The maximum atomic E-state index is 13.0. The molecule has 8 heteroatoms. The topological polar surface area (TPSA) is 83.4 Å². The largest absolute Gasteiger partial charge is 0.327 e. The van der Waals surface area contributed by atoms with Crippen LogP contribution in [-0.2, 0) is 13.1 Å². The molecule has 0 aliphatic carbocycles. The number of aryl methyl sites for hydroxylation is 1. The number of rotatable bonds is 2. The Morgan fingerprint density at radius 2 is 2.11 bits per heavy atom. The molecule has 0 atom stereocenters. The van der Waals surface area contributed by atoms with Crippen LogP contribution in [0.1, 0.15) is 27.3 Å². The molecule has 1 N–H and O–H groups in total. The van der Waals surface area contributed by atoms with Crippen molar-refractivity contribution in [3.05, 3.63) is 74.8 Å². The Balaban J connectivity index is 1.57. The second-order valence-electron chi connectivity index (χ2n) is 6.47. The minimum Gasteiger partial charge on any atom is -0.327 e. The predicted octanol–water partition coefficient (Wildman–Crippen LogP) is 2.61. The van der Waals surface area contributed by atoms with E-state index >= 15 is 0 Å². The fourth-order valence-corrected chi connectivity index (χ4v) is 4.21. The van der Waals surface area contributed by atoms with E-state index in [0.717, 1.165) is 16.1 Å². The van der Waals surface area contributed by atoms with E-state index in [0.29, 0.717) is 29.1 Å². The van der Waals surface area contributed by atoms with Crippen LogP contribution in [0.2, 0.25) is 0 Å². The summed E-state index contributed by atoms with van der Waals surface area (Å²) in [4.78, 5) is 37.1. The molecule has 5 rings (SSSR count). The first-order valence-electron chi connectivity index (χ1n) is 8.51. The summed E-state index contributed by atoms with van der Waals surface area (Å²) in [6.07, 6.45) is 1.59. The predicted molar refractivity (Wildman–Crippen MR) is 102 cm³/mol. The molecule has 134 valence electrons. The normalized spacial score (nSPS) is 13.3. The van der Waals surface area contributed by atoms with Gasteiger partial charge < -0.3 is 4.90 Å². The first-order valence-corrected chi connectivity index (χ1v) is 9.38. The molecule has 7 nitrogen and oxygen atoms in total. The first-order chi connectivity index (χ1) is 13.1. The summed E-state index contributed by atoms with van der Waals surface area (Å²) >= 11 is 1.61. The molecule has 0 bridgehead atoms. The minimum absolute atomic E-state index is 0.155. The summed E-state index contributed by atoms with van der Waals surface area (Å²) in [5, 5.41) is 5.17. The molecule has 4 aromatic rings. The van der Waals surface area contributed by atoms with Gasteiger partial charge in [-0.2, -0.15) is 0 Å². The minimum atomic E-state index is -0.197. The monoisotopic (exact) mass is 377 g/mol. The van der Waals surface area contributed by atoms with Crippen LogP contribution in [0.5, 0.6) is 0 Å². The van der Waals surface area contributed by atoms with Crippen LogP contribution in [-0.4, -0.2) is 30.4 Å². The molecule has 0 radical (unpaired) electrons. The maximum absolute atomic E-state index is 13.0. The number of pyridine rings is 1. The lowest BCUT2D eigenvalue weighted by Crippen LogP contribution is -2.27. The van der Waals surface area contributed by atoms with Gasteiger partial charge >= 0.3 is 0 Å².